The Morgan fingerprint density at radius 1 is 1.21 bits per heavy atom. The predicted octanol–water partition coefficient (Wildman–Crippen LogP) is 2.90. The molecule has 0 radical (unpaired) electrons. The summed E-state index contributed by atoms with van der Waals surface area (Å²) in [4.78, 5) is 40.2. The van der Waals surface area contributed by atoms with Crippen molar-refractivity contribution in [1.82, 2.24) is 20.0 Å². The van der Waals surface area contributed by atoms with Gasteiger partial charge in [-0.15, -0.1) is 0 Å². The number of amides is 3. The maximum atomic E-state index is 13.1. The lowest BCUT2D eigenvalue weighted by Crippen LogP contribution is -2.61. The van der Waals surface area contributed by atoms with Gasteiger partial charge < -0.3 is 25.1 Å². The van der Waals surface area contributed by atoms with E-state index in [9.17, 15) is 22.8 Å². The van der Waals surface area contributed by atoms with Crippen LogP contribution in [-0.4, -0.2) is 97.3 Å². The van der Waals surface area contributed by atoms with Crippen LogP contribution in [0.2, 0.25) is 0 Å². The van der Waals surface area contributed by atoms with Gasteiger partial charge in [0.15, 0.2) is 0 Å². The Hall–Kier alpha value is -2.34. The molecule has 2 aliphatic rings. The third kappa shape index (κ3) is 7.59. The second-order valence-corrected chi connectivity index (χ2v) is 9.84. The summed E-state index contributed by atoms with van der Waals surface area (Å²) in [5.41, 5.74) is 1.21. The summed E-state index contributed by atoms with van der Waals surface area (Å²) in [5, 5.41) is 14.3. The van der Waals surface area contributed by atoms with Gasteiger partial charge in [0.2, 0.25) is 5.91 Å². The van der Waals surface area contributed by atoms with E-state index in [2.05, 4.69) is 27.5 Å². The number of carbonyl (C=O) groups excluding carboxylic acids is 2. The van der Waals surface area contributed by atoms with Crippen LogP contribution in [0.1, 0.15) is 31.2 Å². The number of carbonyl (C=O) groups is 3. The number of alkyl halides is 3. The number of hydrogen-bond acceptors (Lipinski definition) is 5. The van der Waals surface area contributed by atoms with Crippen LogP contribution >= 0.6 is 11.3 Å². The van der Waals surface area contributed by atoms with Gasteiger partial charge in [-0.3, -0.25) is 4.79 Å². The Morgan fingerprint density at radius 3 is 2.32 bits per heavy atom. The Bertz CT molecular complexity index is 825. The van der Waals surface area contributed by atoms with E-state index in [0.29, 0.717) is 13.0 Å². The molecule has 34 heavy (non-hydrogen) atoms. The van der Waals surface area contributed by atoms with Crippen LogP contribution in [0.4, 0.5) is 18.0 Å². The van der Waals surface area contributed by atoms with E-state index in [1.165, 1.54) is 0 Å². The van der Waals surface area contributed by atoms with Gasteiger partial charge in [-0.1, -0.05) is 0 Å². The molecule has 3 amide bonds. The average molecular weight is 507 g/mol. The minimum absolute atomic E-state index is 0.0787. The van der Waals surface area contributed by atoms with Crippen molar-refractivity contribution in [3.63, 3.8) is 0 Å². The molecule has 3 rings (SSSR count). The number of nitrogens with one attached hydrogen (secondary N) is 1. The maximum Gasteiger partial charge on any atom is 0.490 e. The van der Waals surface area contributed by atoms with Crippen LogP contribution in [0.15, 0.2) is 16.8 Å². The molecule has 2 aliphatic heterocycles. The highest BCUT2D eigenvalue weighted by Gasteiger charge is 2.47. The summed E-state index contributed by atoms with van der Waals surface area (Å²) in [6, 6.07) is 2.02. The van der Waals surface area contributed by atoms with Gasteiger partial charge in [0.05, 0.1) is 12.5 Å². The van der Waals surface area contributed by atoms with Gasteiger partial charge in [0, 0.05) is 27.2 Å². The van der Waals surface area contributed by atoms with Crippen LogP contribution in [0.5, 0.6) is 0 Å². The monoisotopic (exact) mass is 506 g/mol. The van der Waals surface area contributed by atoms with Crippen LogP contribution < -0.4 is 5.32 Å². The molecule has 8 nitrogen and oxygen atoms in total. The number of likely N-dealkylation sites (tertiary alicyclic amines) is 2. The van der Waals surface area contributed by atoms with E-state index in [1.807, 2.05) is 11.4 Å². The van der Waals surface area contributed by atoms with Crippen LogP contribution in [-0.2, 0) is 16.0 Å². The summed E-state index contributed by atoms with van der Waals surface area (Å²) >= 11 is 1.63. The van der Waals surface area contributed by atoms with Gasteiger partial charge in [-0.2, -0.15) is 24.5 Å². The highest BCUT2D eigenvalue weighted by molar-refractivity contribution is 7.08. The highest BCUT2D eigenvalue weighted by Crippen LogP contribution is 2.44. The lowest BCUT2D eigenvalue weighted by atomic mass is 9.66. The maximum absolute atomic E-state index is 13.1. The predicted molar refractivity (Wildman–Crippen MR) is 123 cm³/mol. The molecule has 0 aromatic carbocycles. The Morgan fingerprint density at radius 2 is 1.82 bits per heavy atom. The quantitative estimate of drug-likeness (QED) is 0.655. The van der Waals surface area contributed by atoms with Gasteiger partial charge in [0.1, 0.15) is 0 Å². The number of carboxylic acid groups (broad SMARTS) is 1. The number of nitrogens with zero attached hydrogens (tertiary/aromatic N) is 3. The zero-order chi connectivity index (χ0) is 25.5. The first-order valence-corrected chi connectivity index (χ1v) is 12.0. The SMILES string of the molecule is CN1CCC2(CCCN(C(=O)Cc3ccsc3)C2CNC(=O)N(C)C)CC1.O=C(O)C(F)(F)F. The van der Waals surface area contributed by atoms with Gasteiger partial charge >= 0.3 is 18.2 Å². The fourth-order valence-electron chi connectivity index (χ4n) is 4.54. The standard InChI is InChI=1S/C20H32N4O2S.C2HF3O2/c1-22(2)19(26)21-14-17-20(7-10-23(3)11-8-20)6-4-9-24(17)18(25)13-16-5-12-27-15-16;3-2(4,5)1(6)7/h5,12,15,17H,4,6-11,13-14H2,1-3H3,(H,21,26);(H,6,7). The molecular formula is C22H33F3N4O4S. The number of thiophene rings is 1. The Labute approximate surface area is 201 Å². The second kappa shape index (κ2) is 11.9. The summed E-state index contributed by atoms with van der Waals surface area (Å²) in [6.45, 7) is 3.45. The van der Waals surface area contributed by atoms with Crippen molar-refractivity contribution >= 4 is 29.2 Å². The fourth-order valence-corrected chi connectivity index (χ4v) is 5.21. The lowest BCUT2D eigenvalue weighted by Gasteiger charge is -2.53. The van der Waals surface area contributed by atoms with Crippen molar-refractivity contribution in [3.05, 3.63) is 22.4 Å². The normalized spacial score (nSPS) is 20.3. The van der Waals surface area contributed by atoms with E-state index >= 15 is 0 Å². The molecule has 2 fully saturated rings. The van der Waals surface area contributed by atoms with Crippen molar-refractivity contribution < 1.29 is 32.7 Å². The third-order valence-corrected chi connectivity index (χ3v) is 7.22. The van der Waals surface area contributed by atoms with Crippen LogP contribution in [0.25, 0.3) is 0 Å². The van der Waals surface area contributed by atoms with E-state index in [0.717, 1.165) is 50.9 Å². The molecule has 1 spiro atoms. The zero-order valence-corrected chi connectivity index (χ0v) is 20.5. The van der Waals surface area contributed by atoms with E-state index < -0.39 is 12.1 Å². The summed E-state index contributed by atoms with van der Waals surface area (Å²) in [6.07, 6.45) is -0.247. The van der Waals surface area contributed by atoms with Crippen molar-refractivity contribution in [3.8, 4) is 0 Å². The van der Waals surface area contributed by atoms with Crippen molar-refractivity contribution in [2.24, 2.45) is 5.41 Å². The molecule has 1 aromatic rings. The molecule has 0 aliphatic carbocycles. The smallest absolute Gasteiger partial charge is 0.475 e. The molecule has 12 heteroatoms. The number of halogens is 3. The summed E-state index contributed by atoms with van der Waals surface area (Å²) < 4.78 is 31.7. The van der Waals surface area contributed by atoms with Gasteiger partial charge in [-0.25, -0.2) is 9.59 Å². The molecule has 1 unspecified atom stereocenters. The lowest BCUT2D eigenvalue weighted by molar-refractivity contribution is -0.192. The largest absolute Gasteiger partial charge is 0.490 e. The fraction of sp³-hybridized carbons (Fsp3) is 0.682. The minimum Gasteiger partial charge on any atom is -0.475 e. The van der Waals surface area contributed by atoms with Crippen LogP contribution in [0, 0.1) is 5.41 Å². The van der Waals surface area contributed by atoms with Crippen molar-refractivity contribution in [2.45, 2.75) is 44.3 Å². The summed E-state index contributed by atoms with van der Waals surface area (Å²) in [5.74, 6) is -2.57. The topological polar surface area (TPSA) is 93.2 Å². The first-order chi connectivity index (χ1) is 15.9. The molecule has 2 N–H and O–H groups in total. The Kier molecular flexibility index (Phi) is 9.74. The number of carboxylic acids is 1. The molecule has 3 heterocycles. The van der Waals surface area contributed by atoms with E-state index in [4.69, 9.17) is 9.90 Å². The van der Waals surface area contributed by atoms with Crippen LogP contribution in [0.3, 0.4) is 0 Å². The number of rotatable bonds is 4. The van der Waals surface area contributed by atoms with E-state index in [-0.39, 0.29) is 23.4 Å². The number of piperidine rings is 2. The van der Waals surface area contributed by atoms with Gasteiger partial charge in [-0.05, 0) is 73.6 Å². The third-order valence-electron chi connectivity index (χ3n) is 6.49. The molecule has 0 bridgehead atoms. The molecule has 192 valence electrons. The zero-order valence-electron chi connectivity index (χ0n) is 19.7. The van der Waals surface area contributed by atoms with Gasteiger partial charge in [0.25, 0.3) is 0 Å². The molecule has 1 aromatic heterocycles. The first kappa shape index (κ1) is 27.9. The highest BCUT2D eigenvalue weighted by atomic mass is 32.1. The first-order valence-electron chi connectivity index (χ1n) is 11.1. The number of aliphatic carboxylic acids is 1. The summed E-state index contributed by atoms with van der Waals surface area (Å²) in [7, 11) is 5.67. The Balaban J connectivity index is 0.000000509. The molecule has 0 saturated carbocycles. The number of urea groups is 1. The van der Waals surface area contributed by atoms with E-state index in [1.54, 1.807) is 30.3 Å². The second-order valence-electron chi connectivity index (χ2n) is 9.06. The molecule has 1 atom stereocenters. The minimum atomic E-state index is -5.08. The number of hydrogen-bond donors (Lipinski definition) is 2. The van der Waals surface area contributed by atoms with Crippen molar-refractivity contribution in [1.29, 1.82) is 0 Å². The van der Waals surface area contributed by atoms with Crippen molar-refractivity contribution in [2.75, 3.05) is 47.3 Å². The molecule has 2 saturated heterocycles. The molecular weight excluding hydrogens is 473 g/mol. The average Bonchev–Trinajstić information content (AvgIpc) is 3.27.